The van der Waals surface area contributed by atoms with E-state index in [1.807, 2.05) is 27.7 Å². The summed E-state index contributed by atoms with van der Waals surface area (Å²) in [5.74, 6) is 0. The Morgan fingerprint density at radius 1 is 1.50 bits per heavy atom. The number of nitrogens with zero attached hydrogens (tertiary/aromatic N) is 1. The summed E-state index contributed by atoms with van der Waals surface area (Å²) in [5.41, 5.74) is -0.389. The Morgan fingerprint density at radius 2 is 2.19 bits per heavy atom. The fourth-order valence-corrected chi connectivity index (χ4v) is 1.62. The summed E-state index contributed by atoms with van der Waals surface area (Å²) in [4.78, 5) is 0. The lowest BCUT2D eigenvalue weighted by molar-refractivity contribution is -0.533. The minimum atomic E-state index is -0.389. The van der Waals surface area contributed by atoms with Gasteiger partial charge in [-0.25, -0.2) is 4.74 Å². The van der Waals surface area contributed by atoms with E-state index >= 15 is 0 Å². The van der Waals surface area contributed by atoms with Crippen LogP contribution in [0.25, 0.3) is 0 Å². The third-order valence-corrected chi connectivity index (χ3v) is 2.61. The van der Waals surface area contributed by atoms with Crippen LogP contribution in [0.1, 0.15) is 47.0 Å². The quantitative estimate of drug-likeness (QED) is 0.243. The van der Waals surface area contributed by atoms with Crippen molar-refractivity contribution in [1.29, 1.82) is 0 Å². The summed E-state index contributed by atoms with van der Waals surface area (Å²) in [6.45, 7) is 7.59. The molecule has 0 bridgehead atoms. The Labute approximate surface area is 98.4 Å². The zero-order valence-corrected chi connectivity index (χ0v) is 10.8. The van der Waals surface area contributed by atoms with Gasteiger partial charge in [0, 0.05) is 20.8 Å². The van der Waals surface area contributed by atoms with Crippen LogP contribution in [-0.4, -0.2) is 28.7 Å². The van der Waals surface area contributed by atoms with Crippen molar-refractivity contribution in [3.63, 3.8) is 0 Å². The SMILES string of the molecule is C[C@@H](/C=[N+](\[O-])C(C)(C)C)O[C@@H]1C=CCCC1. The first-order chi connectivity index (χ1) is 7.39. The predicted molar refractivity (Wildman–Crippen MR) is 66.8 cm³/mol. The Balaban J connectivity index is 2.49. The maximum Gasteiger partial charge on any atom is 0.180 e. The second-order valence-electron chi connectivity index (χ2n) is 5.38. The van der Waals surface area contributed by atoms with Crippen molar-refractivity contribution in [1.82, 2.24) is 0 Å². The summed E-state index contributed by atoms with van der Waals surface area (Å²) < 4.78 is 6.75. The summed E-state index contributed by atoms with van der Waals surface area (Å²) in [5, 5.41) is 11.7. The van der Waals surface area contributed by atoms with E-state index in [0.717, 1.165) is 17.6 Å². The first kappa shape index (κ1) is 13.2. The smallest absolute Gasteiger partial charge is 0.180 e. The Kier molecular flexibility index (Phi) is 4.54. The zero-order chi connectivity index (χ0) is 12.2. The summed E-state index contributed by atoms with van der Waals surface area (Å²) >= 11 is 0. The van der Waals surface area contributed by atoms with E-state index in [9.17, 15) is 5.21 Å². The van der Waals surface area contributed by atoms with Crippen molar-refractivity contribution in [3.8, 4) is 0 Å². The van der Waals surface area contributed by atoms with Gasteiger partial charge in [-0.15, -0.1) is 0 Å². The Hall–Kier alpha value is -0.830. The maximum atomic E-state index is 11.7. The molecule has 1 aliphatic rings. The highest BCUT2D eigenvalue weighted by Crippen LogP contribution is 2.15. The minimum absolute atomic E-state index is 0.135. The number of hydroxylamine groups is 1. The monoisotopic (exact) mass is 225 g/mol. The Morgan fingerprint density at radius 3 is 2.69 bits per heavy atom. The number of hydrogen-bond acceptors (Lipinski definition) is 2. The van der Waals surface area contributed by atoms with Gasteiger partial charge in [-0.1, -0.05) is 12.2 Å². The van der Waals surface area contributed by atoms with E-state index < -0.39 is 0 Å². The number of rotatable bonds is 3. The molecule has 1 aliphatic carbocycles. The summed E-state index contributed by atoms with van der Waals surface area (Å²) in [7, 11) is 0. The second kappa shape index (κ2) is 5.48. The van der Waals surface area contributed by atoms with Gasteiger partial charge in [-0.05, 0) is 26.2 Å². The van der Waals surface area contributed by atoms with Gasteiger partial charge in [0.05, 0.1) is 6.10 Å². The molecule has 92 valence electrons. The molecule has 0 spiro atoms. The molecule has 0 aromatic heterocycles. The van der Waals surface area contributed by atoms with E-state index in [1.54, 1.807) is 6.21 Å². The van der Waals surface area contributed by atoms with Gasteiger partial charge < -0.3 is 9.94 Å². The van der Waals surface area contributed by atoms with Crippen molar-refractivity contribution >= 4 is 6.21 Å². The molecule has 3 nitrogen and oxygen atoms in total. The van der Waals surface area contributed by atoms with Crippen molar-refractivity contribution in [2.45, 2.75) is 64.7 Å². The van der Waals surface area contributed by atoms with E-state index in [4.69, 9.17) is 4.74 Å². The van der Waals surface area contributed by atoms with Gasteiger partial charge in [-0.2, -0.15) is 0 Å². The fourth-order valence-electron chi connectivity index (χ4n) is 1.62. The lowest BCUT2D eigenvalue weighted by Gasteiger charge is -2.22. The minimum Gasteiger partial charge on any atom is -0.624 e. The highest BCUT2D eigenvalue weighted by Gasteiger charge is 2.20. The van der Waals surface area contributed by atoms with Crippen LogP contribution < -0.4 is 0 Å². The second-order valence-corrected chi connectivity index (χ2v) is 5.38. The number of allylic oxidation sites excluding steroid dienone is 1. The molecule has 0 fully saturated rings. The molecule has 1 rings (SSSR count). The molecule has 0 aliphatic heterocycles. The molecule has 0 heterocycles. The van der Waals surface area contributed by atoms with E-state index in [0.29, 0.717) is 0 Å². The molecule has 0 aromatic carbocycles. The molecule has 16 heavy (non-hydrogen) atoms. The lowest BCUT2D eigenvalue weighted by atomic mass is 10.1. The van der Waals surface area contributed by atoms with Gasteiger partial charge in [0.15, 0.2) is 11.8 Å². The van der Waals surface area contributed by atoms with Crippen LogP contribution in [0.3, 0.4) is 0 Å². The highest BCUT2D eigenvalue weighted by atomic mass is 16.5. The van der Waals surface area contributed by atoms with E-state index in [1.165, 1.54) is 6.42 Å². The van der Waals surface area contributed by atoms with Crippen LogP contribution in [0.5, 0.6) is 0 Å². The zero-order valence-electron chi connectivity index (χ0n) is 10.8. The molecule has 3 heteroatoms. The van der Waals surface area contributed by atoms with Gasteiger partial charge in [0.1, 0.15) is 6.10 Å². The van der Waals surface area contributed by atoms with Crippen LogP contribution in [0.2, 0.25) is 0 Å². The van der Waals surface area contributed by atoms with Gasteiger partial charge in [-0.3, -0.25) is 0 Å². The number of hydrogen-bond donors (Lipinski definition) is 0. The standard InChI is InChI=1S/C13H23NO2/c1-11(10-14(15)13(2,3)4)16-12-8-6-5-7-9-12/h6,8,10-12H,5,7,9H2,1-4H3/b14-10-/t11-,12+/m0/s1. The average molecular weight is 225 g/mol. The average Bonchev–Trinajstić information content (AvgIpc) is 2.17. The number of ether oxygens (including phenoxy) is 1. The lowest BCUT2D eigenvalue weighted by Crippen LogP contribution is -2.33. The van der Waals surface area contributed by atoms with Gasteiger partial charge >= 0.3 is 0 Å². The molecular weight excluding hydrogens is 202 g/mol. The molecule has 0 unspecified atom stereocenters. The van der Waals surface area contributed by atoms with Gasteiger partial charge in [0.2, 0.25) is 0 Å². The molecule has 0 saturated heterocycles. The fraction of sp³-hybridized carbons (Fsp3) is 0.769. The first-order valence-corrected chi connectivity index (χ1v) is 6.03. The maximum absolute atomic E-state index is 11.7. The van der Waals surface area contributed by atoms with Crippen LogP contribution >= 0.6 is 0 Å². The third kappa shape index (κ3) is 4.35. The van der Waals surface area contributed by atoms with E-state index in [2.05, 4.69) is 12.2 Å². The summed E-state index contributed by atoms with van der Waals surface area (Å²) in [6, 6.07) is 0. The summed E-state index contributed by atoms with van der Waals surface area (Å²) in [6.07, 6.45) is 9.28. The predicted octanol–water partition coefficient (Wildman–Crippen LogP) is 2.88. The largest absolute Gasteiger partial charge is 0.624 e. The molecule has 0 amide bonds. The molecule has 0 radical (unpaired) electrons. The van der Waals surface area contributed by atoms with Crippen LogP contribution in [0, 0.1) is 5.21 Å². The topological polar surface area (TPSA) is 35.3 Å². The molecule has 2 atom stereocenters. The molecule has 0 N–H and O–H groups in total. The van der Waals surface area contributed by atoms with Crippen LogP contribution in [0.15, 0.2) is 12.2 Å². The highest BCUT2D eigenvalue weighted by molar-refractivity contribution is 5.57. The van der Waals surface area contributed by atoms with Crippen molar-refractivity contribution < 1.29 is 9.48 Å². The molecular formula is C13H23NO2. The third-order valence-electron chi connectivity index (χ3n) is 2.61. The van der Waals surface area contributed by atoms with Crippen LogP contribution in [-0.2, 0) is 4.74 Å². The van der Waals surface area contributed by atoms with Crippen molar-refractivity contribution in [3.05, 3.63) is 17.4 Å². The van der Waals surface area contributed by atoms with Gasteiger partial charge in [0.25, 0.3) is 0 Å². The normalized spacial score (nSPS) is 24.5. The Bertz CT molecular complexity index is 276. The van der Waals surface area contributed by atoms with Crippen LogP contribution in [0.4, 0.5) is 0 Å². The molecule has 0 saturated carbocycles. The van der Waals surface area contributed by atoms with Crippen molar-refractivity contribution in [2.24, 2.45) is 0 Å². The van der Waals surface area contributed by atoms with Crippen molar-refractivity contribution in [2.75, 3.05) is 0 Å². The first-order valence-electron chi connectivity index (χ1n) is 6.03. The van der Waals surface area contributed by atoms with E-state index in [-0.39, 0.29) is 17.7 Å². The molecule has 0 aromatic rings.